The number of hydrogen-bond donors (Lipinski definition) is 3. The van der Waals surface area contributed by atoms with Crippen LogP contribution in [0.1, 0.15) is 433 Å². The summed E-state index contributed by atoms with van der Waals surface area (Å²) >= 11 is 0. The Hall–Kier alpha value is -1.94. The number of carbonyl (C=O) groups is 4. The largest absolute Gasteiger partial charge is 0.472 e. The van der Waals surface area contributed by atoms with Crippen molar-refractivity contribution < 1.29 is 80.2 Å². The highest BCUT2D eigenvalue weighted by atomic mass is 31.2. The predicted octanol–water partition coefficient (Wildman–Crippen LogP) is 24.7. The molecule has 17 nitrogen and oxygen atoms in total. The molecular weight excluding hydrogens is 1320 g/mol. The van der Waals surface area contributed by atoms with E-state index in [1.54, 1.807) is 0 Å². The number of unbranched alkanes of at least 4 members (excludes halogenated alkanes) is 50. The summed E-state index contributed by atoms with van der Waals surface area (Å²) in [5, 5.41) is 10.7. The van der Waals surface area contributed by atoms with Gasteiger partial charge in [-0.05, 0) is 37.5 Å². The van der Waals surface area contributed by atoms with E-state index in [0.717, 1.165) is 102 Å². The van der Waals surface area contributed by atoms with E-state index in [0.29, 0.717) is 25.7 Å². The molecule has 0 aliphatic carbocycles. The highest BCUT2D eigenvalue weighted by Gasteiger charge is 2.30. The van der Waals surface area contributed by atoms with Crippen LogP contribution in [-0.4, -0.2) is 96.7 Å². The maximum Gasteiger partial charge on any atom is 0.472 e. The molecular formula is C82H160O17P2. The molecule has 0 aromatic carbocycles. The van der Waals surface area contributed by atoms with Crippen molar-refractivity contribution in [2.75, 3.05) is 39.6 Å². The fourth-order valence-electron chi connectivity index (χ4n) is 12.7. The number of ether oxygens (including phenoxy) is 4. The minimum Gasteiger partial charge on any atom is -0.462 e. The van der Waals surface area contributed by atoms with E-state index in [1.165, 1.54) is 250 Å². The number of aliphatic hydroxyl groups is 1. The normalized spacial score (nSPS) is 14.2. The first-order valence-electron chi connectivity index (χ1n) is 42.5. The second-order valence-corrected chi connectivity index (χ2v) is 33.1. The quantitative estimate of drug-likeness (QED) is 0.0222. The number of esters is 4. The van der Waals surface area contributed by atoms with Gasteiger partial charge in [0.15, 0.2) is 12.2 Å². The molecule has 0 bridgehead atoms. The summed E-state index contributed by atoms with van der Waals surface area (Å²) < 4.78 is 68.8. The van der Waals surface area contributed by atoms with E-state index in [4.69, 9.17) is 37.0 Å². The molecule has 6 atom stereocenters. The molecule has 0 saturated heterocycles. The molecule has 0 radical (unpaired) electrons. The SMILES string of the molecule is CCCCCCCCCCCCCCCCCC(=O)OC[C@H](COP(=O)(O)OC[C@@H](O)COP(=O)(O)OC[C@@H](COC(=O)CCCCCCCCCCC(C)CC)OC(=O)CCCCCCCCCCCCCCCCC)OC(=O)CCCCCCCCCCCCCCCCCCC(C)C. The van der Waals surface area contributed by atoms with Crippen LogP contribution in [0.5, 0.6) is 0 Å². The Morgan fingerprint density at radius 1 is 0.287 bits per heavy atom. The van der Waals surface area contributed by atoms with Gasteiger partial charge in [-0.3, -0.25) is 37.3 Å². The Labute approximate surface area is 619 Å². The van der Waals surface area contributed by atoms with Crippen molar-refractivity contribution in [3.05, 3.63) is 0 Å². The highest BCUT2D eigenvalue weighted by Crippen LogP contribution is 2.45. The number of aliphatic hydroxyl groups excluding tert-OH is 1. The highest BCUT2D eigenvalue weighted by molar-refractivity contribution is 7.47. The number of carbonyl (C=O) groups excluding carboxylic acids is 4. The third-order valence-electron chi connectivity index (χ3n) is 19.6. The average Bonchev–Trinajstić information content (AvgIpc) is 0.990. The zero-order chi connectivity index (χ0) is 74.2. The molecule has 0 aromatic rings. The second-order valence-electron chi connectivity index (χ2n) is 30.2. The molecule has 0 aliphatic heterocycles. The second kappa shape index (κ2) is 73.6. The first-order chi connectivity index (χ1) is 48.9. The van der Waals surface area contributed by atoms with Crippen LogP contribution < -0.4 is 0 Å². The Kier molecular flexibility index (Phi) is 72.2. The molecule has 0 spiro atoms. The Morgan fingerprint density at radius 3 is 0.752 bits per heavy atom. The van der Waals surface area contributed by atoms with Crippen LogP contribution in [0.25, 0.3) is 0 Å². The van der Waals surface area contributed by atoms with Crippen molar-refractivity contribution in [1.29, 1.82) is 0 Å². The summed E-state index contributed by atoms with van der Waals surface area (Å²) in [6, 6.07) is 0. The fourth-order valence-corrected chi connectivity index (χ4v) is 14.3. The van der Waals surface area contributed by atoms with Gasteiger partial charge >= 0.3 is 39.5 Å². The summed E-state index contributed by atoms with van der Waals surface area (Å²) in [7, 11) is -9.92. The zero-order valence-electron chi connectivity index (χ0n) is 66.2. The molecule has 0 amide bonds. The lowest BCUT2D eigenvalue weighted by Gasteiger charge is -2.21. The van der Waals surface area contributed by atoms with Crippen LogP contribution in [0.3, 0.4) is 0 Å². The molecule has 101 heavy (non-hydrogen) atoms. The van der Waals surface area contributed by atoms with Crippen molar-refractivity contribution in [3.8, 4) is 0 Å². The maximum absolute atomic E-state index is 13.1. The van der Waals surface area contributed by atoms with Crippen molar-refractivity contribution in [2.45, 2.75) is 452 Å². The lowest BCUT2D eigenvalue weighted by Crippen LogP contribution is -2.30. The maximum atomic E-state index is 13.1. The fraction of sp³-hybridized carbons (Fsp3) is 0.951. The lowest BCUT2D eigenvalue weighted by molar-refractivity contribution is -0.161. The number of phosphoric acid groups is 2. The van der Waals surface area contributed by atoms with Crippen molar-refractivity contribution in [2.24, 2.45) is 11.8 Å². The molecule has 0 heterocycles. The molecule has 0 saturated carbocycles. The van der Waals surface area contributed by atoms with Crippen molar-refractivity contribution >= 4 is 39.5 Å². The topological polar surface area (TPSA) is 237 Å². The van der Waals surface area contributed by atoms with Crippen LogP contribution in [-0.2, 0) is 65.4 Å². The van der Waals surface area contributed by atoms with E-state index in [-0.39, 0.29) is 25.7 Å². The predicted molar refractivity (Wildman–Crippen MR) is 414 cm³/mol. The zero-order valence-corrected chi connectivity index (χ0v) is 68.0. The van der Waals surface area contributed by atoms with Gasteiger partial charge in [-0.2, -0.15) is 0 Å². The first kappa shape index (κ1) is 99.1. The van der Waals surface area contributed by atoms with Crippen LogP contribution in [0, 0.1) is 11.8 Å². The van der Waals surface area contributed by atoms with Gasteiger partial charge in [0.05, 0.1) is 26.4 Å². The van der Waals surface area contributed by atoms with E-state index in [1.807, 2.05) is 0 Å². The minimum atomic E-state index is -4.96. The van der Waals surface area contributed by atoms with E-state index in [9.17, 15) is 43.2 Å². The monoisotopic (exact) mass is 1480 g/mol. The number of phosphoric ester groups is 2. The van der Waals surface area contributed by atoms with Crippen molar-refractivity contribution in [1.82, 2.24) is 0 Å². The Bertz CT molecular complexity index is 1940. The van der Waals surface area contributed by atoms with E-state index in [2.05, 4.69) is 41.5 Å². The smallest absolute Gasteiger partial charge is 0.462 e. The van der Waals surface area contributed by atoms with Gasteiger partial charge in [0, 0.05) is 25.7 Å². The van der Waals surface area contributed by atoms with Crippen LogP contribution >= 0.6 is 15.6 Å². The van der Waals surface area contributed by atoms with Gasteiger partial charge in [0.25, 0.3) is 0 Å². The minimum absolute atomic E-state index is 0.108. The van der Waals surface area contributed by atoms with Crippen LogP contribution in [0.2, 0.25) is 0 Å². The molecule has 0 aromatic heterocycles. The number of hydrogen-bond acceptors (Lipinski definition) is 15. The van der Waals surface area contributed by atoms with Gasteiger partial charge < -0.3 is 33.8 Å². The standard InChI is InChI=1S/C82H160O17P2/c1-7-10-12-14-16-18-20-22-26-31-35-39-46-52-58-64-79(84)92-70-77(98-81(86)67-61-55-49-41-37-33-29-25-24-28-30-34-38-44-50-56-62-74(4)5)72-96-100(88,89)94-68-76(83)69-95-101(90,91)97-73-78(71-93-80(85)65-59-53-47-43-42-45-51-57-63-75(6)9-3)99-82(87)66-60-54-48-40-36-32-27-23-21-19-17-15-13-11-8-2/h74-78,83H,7-73H2,1-6H3,(H,88,89)(H,90,91)/t75?,76-,77-,78-/m1/s1. The summed E-state index contributed by atoms with van der Waals surface area (Å²) in [6.45, 7) is 9.69. The third-order valence-corrected chi connectivity index (χ3v) is 21.5. The van der Waals surface area contributed by atoms with Crippen molar-refractivity contribution in [3.63, 3.8) is 0 Å². The molecule has 600 valence electrons. The summed E-state index contributed by atoms with van der Waals surface area (Å²) in [4.78, 5) is 73.1. The van der Waals surface area contributed by atoms with E-state index < -0.39 is 97.5 Å². The summed E-state index contributed by atoms with van der Waals surface area (Å²) in [6.07, 6.45) is 63.6. The van der Waals surface area contributed by atoms with Gasteiger partial charge in [-0.1, -0.05) is 382 Å². The lowest BCUT2D eigenvalue weighted by atomic mass is 9.99. The van der Waals surface area contributed by atoms with Gasteiger partial charge in [0.2, 0.25) is 0 Å². The first-order valence-corrected chi connectivity index (χ1v) is 45.5. The Balaban J connectivity index is 5.26. The molecule has 0 aliphatic rings. The molecule has 3 unspecified atom stereocenters. The van der Waals surface area contributed by atoms with Crippen LogP contribution in [0.15, 0.2) is 0 Å². The molecule has 19 heteroatoms. The average molecular weight is 1480 g/mol. The molecule has 3 N–H and O–H groups in total. The van der Waals surface area contributed by atoms with E-state index >= 15 is 0 Å². The van der Waals surface area contributed by atoms with Crippen LogP contribution in [0.4, 0.5) is 0 Å². The van der Waals surface area contributed by atoms with Gasteiger partial charge in [-0.25, -0.2) is 9.13 Å². The van der Waals surface area contributed by atoms with Gasteiger partial charge in [0.1, 0.15) is 19.3 Å². The Morgan fingerprint density at radius 2 is 0.505 bits per heavy atom. The molecule has 0 rings (SSSR count). The summed E-state index contributed by atoms with van der Waals surface area (Å²) in [5.74, 6) is -0.518. The summed E-state index contributed by atoms with van der Waals surface area (Å²) in [5.41, 5.74) is 0. The molecule has 0 fully saturated rings. The van der Waals surface area contributed by atoms with Gasteiger partial charge in [-0.15, -0.1) is 0 Å². The third kappa shape index (κ3) is 74.7. The number of rotatable bonds is 81.